The lowest BCUT2D eigenvalue weighted by Gasteiger charge is -2.32. The van der Waals surface area contributed by atoms with E-state index in [4.69, 9.17) is 9.47 Å². The lowest BCUT2D eigenvalue weighted by atomic mass is 9.70. The molecule has 0 amide bonds. The van der Waals surface area contributed by atoms with Crippen LogP contribution in [0, 0.1) is 0 Å². The van der Waals surface area contributed by atoms with Crippen molar-refractivity contribution in [2.45, 2.75) is 5.41 Å². The van der Waals surface area contributed by atoms with Crippen molar-refractivity contribution in [3.63, 3.8) is 0 Å². The Hall–Kier alpha value is -8.14. The molecule has 0 fully saturated rings. The van der Waals surface area contributed by atoms with Crippen molar-refractivity contribution in [2.75, 3.05) is 4.90 Å². The van der Waals surface area contributed by atoms with Gasteiger partial charge in [-0.15, -0.1) is 0 Å². The Morgan fingerprint density at radius 1 is 0.323 bits per heavy atom. The SMILES string of the molecule is c1ccc(-c2ccc(N(c3ccc(-c4cccc5ccccc45)cc3)c3cccc4c3Oc3c(ccc5c3-c3ccccc3C53c5ccccc5-c5ccccc53)O4)cc2)cc1. The van der Waals surface area contributed by atoms with Crippen molar-refractivity contribution in [2.24, 2.45) is 0 Å². The number of hydrogen-bond acceptors (Lipinski definition) is 3. The second kappa shape index (κ2) is 13.4. The summed E-state index contributed by atoms with van der Waals surface area (Å²) in [6.07, 6.45) is 0. The fourth-order valence-corrected chi connectivity index (χ4v) is 10.5. The zero-order valence-corrected chi connectivity index (χ0v) is 33.6. The summed E-state index contributed by atoms with van der Waals surface area (Å²) in [4.78, 5) is 2.29. The van der Waals surface area contributed by atoms with Gasteiger partial charge in [-0.05, 0) is 114 Å². The molecule has 290 valence electrons. The second-order valence-corrected chi connectivity index (χ2v) is 16.3. The molecule has 0 saturated carbocycles. The monoisotopic (exact) mass is 791 g/mol. The van der Waals surface area contributed by atoms with Crippen molar-refractivity contribution >= 4 is 27.8 Å². The van der Waals surface area contributed by atoms with E-state index in [1.807, 2.05) is 6.07 Å². The Morgan fingerprint density at radius 2 is 0.855 bits per heavy atom. The number of anilines is 3. The van der Waals surface area contributed by atoms with Gasteiger partial charge in [0.2, 0.25) is 0 Å². The normalized spacial score (nSPS) is 13.2. The molecule has 13 rings (SSSR count). The molecule has 1 aliphatic heterocycles. The third-order valence-corrected chi connectivity index (χ3v) is 13.2. The maximum atomic E-state index is 7.38. The maximum absolute atomic E-state index is 7.38. The lowest BCUT2D eigenvalue weighted by Crippen LogP contribution is -2.25. The molecule has 62 heavy (non-hydrogen) atoms. The van der Waals surface area contributed by atoms with Crippen molar-refractivity contribution in [1.82, 2.24) is 0 Å². The summed E-state index contributed by atoms with van der Waals surface area (Å²) >= 11 is 0. The summed E-state index contributed by atoms with van der Waals surface area (Å²) in [5.41, 5.74) is 16.9. The van der Waals surface area contributed by atoms with Crippen molar-refractivity contribution in [1.29, 1.82) is 0 Å². The van der Waals surface area contributed by atoms with Crippen LogP contribution in [0.2, 0.25) is 0 Å². The minimum Gasteiger partial charge on any atom is -0.449 e. The largest absolute Gasteiger partial charge is 0.449 e. The summed E-state index contributed by atoms with van der Waals surface area (Å²) in [7, 11) is 0. The minimum atomic E-state index is -0.490. The highest BCUT2D eigenvalue weighted by Gasteiger charge is 2.53. The zero-order valence-electron chi connectivity index (χ0n) is 33.6. The Balaban J connectivity index is 0.981. The predicted octanol–water partition coefficient (Wildman–Crippen LogP) is 15.9. The first kappa shape index (κ1) is 34.7. The number of hydrogen-bond donors (Lipinski definition) is 0. The molecule has 10 aromatic carbocycles. The molecule has 10 aromatic rings. The van der Waals surface area contributed by atoms with E-state index in [1.54, 1.807) is 0 Å². The summed E-state index contributed by atoms with van der Waals surface area (Å²) in [5, 5.41) is 2.46. The molecule has 3 aliphatic rings. The van der Waals surface area contributed by atoms with Crippen LogP contribution in [-0.2, 0) is 5.41 Å². The molecule has 1 spiro atoms. The van der Waals surface area contributed by atoms with Crippen LogP contribution in [0.3, 0.4) is 0 Å². The molecular formula is C59H37NO2. The Morgan fingerprint density at radius 3 is 1.58 bits per heavy atom. The molecular weight excluding hydrogens is 755 g/mol. The third-order valence-electron chi connectivity index (χ3n) is 13.2. The number of fused-ring (bicyclic) bond motifs is 14. The van der Waals surface area contributed by atoms with E-state index in [2.05, 4.69) is 223 Å². The van der Waals surface area contributed by atoms with Crippen LogP contribution in [-0.4, -0.2) is 0 Å². The van der Waals surface area contributed by atoms with Crippen LogP contribution in [0.4, 0.5) is 17.1 Å². The molecule has 2 aliphatic carbocycles. The molecule has 0 bridgehead atoms. The number of rotatable bonds is 5. The lowest BCUT2D eigenvalue weighted by molar-refractivity contribution is 0.361. The predicted molar refractivity (Wildman–Crippen MR) is 252 cm³/mol. The van der Waals surface area contributed by atoms with Gasteiger partial charge in [-0.3, -0.25) is 0 Å². The quantitative estimate of drug-likeness (QED) is 0.173. The topological polar surface area (TPSA) is 21.7 Å². The highest BCUT2D eigenvalue weighted by Crippen LogP contribution is 2.67. The molecule has 0 N–H and O–H groups in total. The van der Waals surface area contributed by atoms with Gasteiger partial charge in [-0.1, -0.05) is 182 Å². The van der Waals surface area contributed by atoms with Gasteiger partial charge in [-0.2, -0.15) is 0 Å². The maximum Gasteiger partial charge on any atom is 0.194 e. The van der Waals surface area contributed by atoms with Gasteiger partial charge in [0.15, 0.2) is 23.0 Å². The van der Waals surface area contributed by atoms with E-state index in [0.29, 0.717) is 17.2 Å². The molecule has 0 aromatic heterocycles. The van der Waals surface area contributed by atoms with E-state index >= 15 is 0 Å². The van der Waals surface area contributed by atoms with Gasteiger partial charge in [0, 0.05) is 16.9 Å². The smallest absolute Gasteiger partial charge is 0.194 e. The van der Waals surface area contributed by atoms with Crippen LogP contribution in [0.25, 0.3) is 55.3 Å². The van der Waals surface area contributed by atoms with Gasteiger partial charge in [-0.25, -0.2) is 0 Å². The highest BCUT2D eigenvalue weighted by atomic mass is 16.6. The van der Waals surface area contributed by atoms with E-state index in [9.17, 15) is 0 Å². The third kappa shape index (κ3) is 4.94. The van der Waals surface area contributed by atoms with Gasteiger partial charge < -0.3 is 14.4 Å². The fourth-order valence-electron chi connectivity index (χ4n) is 10.5. The Kier molecular flexibility index (Phi) is 7.52. The average molecular weight is 792 g/mol. The first-order valence-electron chi connectivity index (χ1n) is 21.2. The minimum absolute atomic E-state index is 0.490. The molecule has 1 heterocycles. The fraction of sp³-hybridized carbons (Fsp3) is 0.0169. The van der Waals surface area contributed by atoms with Crippen LogP contribution in [0.1, 0.15) is 22.3 Å². The average Bonchev–Trinajstić information content (AvgIpc) is 3.82. The number of benzene rings is 10. The molecule has 0 saturated heterocycles. The van der Waals surface area contributed by atoms with Crippen LogP contribution in [0.15, 0.2) is 224 Å². The van der Waals surface area contributed by atoms with Crippen molar-refractivity contribution < 1.29 is 9.47 Å². The van der Waals surface area contributed by atoms with Crippen molar-refractivity contribution in [3.05, 3.63) is 247 Å². The molecule has 0 atom stereocenters. The molecule has 0 unspecified atom stereocenters. The number of nitrogens with zero attached hydrogens (tertiary/aromatic N) is 1. The van der Waals surface area contributed by atoms with E-state index in [0.717, 1.165) is 45.1 Å². The molecule has 3 heteroatoms. The summed E-state index contributed by atoms with van der Waals surface area (Å²) in [6.45, 7) is 0. The standard InChI is InChI=1S/C59H37NO2/c1-2-14-38(15-3-1)39-28-32-42(33-29-39)60(43-34-30-41(31-35-43)45-22-12-17-40-16-4-5-18-44(40)45)53-26-13-27-54-57(53)62-58-55(61-54)37-36-52-56(58)48-21-8-11-25-51(48)59(52)49-23-9-6-19-46(49)47-20-7-10-24-50(47)59/h1-37H. The summed E-state index contributed by atoms with van der Waals surface area (Å²) < 4.78 is 14.3. The van der Waals surface area contributed by atoms with Crippen LogP contribution >= 0.6 is 0 Å². The van der Waals surface area contributed by atoms with Gasteiger partial charge >= 0.3 is 0 Å². The number of ether oxygens (including phenoxy) is 2. The first-order valence-corrected chi connectivity index (χ1v) is 21.2. The van der Waals surface area contributed by atoms with E-state index < -0.39 is 5.41 Å². The second-order valence-electron chi connectivity index (χ2n) is 16.3. The van der Waals surface area contributed by atoms with Crippen LogP contribution in [0.5, 0.6) is 23.0 Å². The van der Waals surface area contributed by atoms with E-state index in [1.165, 1.54) is 55.3 Å². The van der Waals surface area contributed by atoms with Gasteiger partial charge in [0.05, 0.1) is 11.1 Å². The van der Waals surface area contributed by atoms with Crippen molar-refractivity contribution in [3.8, 4) is 67.5 Å². The Bertz CT molecular complexity index is 3360. The molecule has 3 nitrogen and oxygen atoms in total. The Labute approximate surface area is 360 Å². The van der Waals surface area contributed by atoms with E-state index in [-0.39, 0.29) is 0 Å². The summed E-state index contributed by atoms with van der Waals surface area (Å²) in [6, 6.07) is 80.5. The van der Waals surface area contributed by atoms with Crippen LogP contribution < -0.4 is 14.4 Å². The molecule has 0 radical (unpaired) electrons. The van der Waals surface area contributed by atoms with Gasteiger partial charge in [0.1, 0.15) is 0 Å². The zero-order chi connectivity index (χ0) is 40.8. The highest BCUT2D eigenvalue weighted by molar-refractivity contribution is 5.99. The summed E-state index contributed by atoms with van der Waals surface area (Å²) in [5.74, 6) is 2.78. The number of para-hydroxylation sites is 1. The van der Waals surface area contributed by atoms with Gasteiger partial charge in [0.25, 0.3) is 0 Å². The first-order chi connectivity index (χ1) is 30.8.